The van der Waals surface area contributed by atoms with E-state index in [0.29, 0.717) is 17.9 Å². The summed E-state index contributed by atoms with van der Waals surface area (Å²) in [6.45, 7) is 0.608. The van der Waals surface area contributed by atoms with E-state index in [1.807, 2.05) is 18.2 Å². The number of methoxy groups -OCH3 is 1. The lowest BCUT2D eigenvalue weighted by Gasteiger charge is -2.28. The van der Waals surface area contributed by atoms with Crippen molar-refractivity contribution < 1.29 is 14.3 Å². The molecule has 2 unspecified atom stereocenters. The molecule has 0 aromatic heterocycles. The normalized spacial score (nSPS) is 22.8. The first-order chi connectivity index (χ1) is 11.6. The molecule has 2 atom stereocenters. The first-order valence-corrected chi connectivity index (χ1v) is 8.53. The molecule has 8 heteroatoms. The van der Waals surface area contributed by atoms with E-state index in [1.54, 1.807) is 17.8 Å². The van der Waals surface area contributed by atoms with Crippen molar-refractivity contribution in [3.05, 3.63) is 35.4 Å². The van der Waals surface area contributed by atoms with Gasteiger partial charge in [-0.2, -0.15) is 4.99 Å². The van der Waals surface area contributed by atoms with Crippen LogP contribution < -0.4 is 11.1 Å². The average molecular weight is 346 g/mol. The van der Waals surface area contributed by atoms with Gasteiger partial charge < -0.3 is 10.5 Å². The van der Waals surface area contributed by atoms with Crippen LogP contribution in [-0.2, 0) is 16.0 Å². The van der Waals surface area contributed by atoms with E-state index in [4.69, 9.17) is 10.5 Å². The van der Waals surface area contributed by atoms with Crippen LogP contribution in [0.1, 0.15) is 22.3 Å². The predicted octanol–water partition coefficient (Wildman–Crippen LogP) is 0.733. The Balaban J connectivity index is 1.63. The lowest BCUT2D eigenvalue weighted by molar-refractivity contribution is -0.118. The first-order valence-electron chi connectivity index (χ1n) is 7.59. The monoisotopic (exact) mass is 346 g/mol. The summed E-state index contributed by atoms with van der Waals surface area (Å²) in [6.07, 6.45) is 1.65. The highest BCUT2D eigenvalue weighted by molar-refractivity contribution is 8.02. The minimum atomic E-state index is -0.391. The molecule has 0 radical (unpaired) electrons. The Morgan fingerprint density at radius 1 is 1.50 bits per heavy atom. The second-order valence-corrected chi connectivity index (χ2v) is 6.96. The van der Waals surface area contributed by atoms with Crippen molar-refractivity contribution in [2.75, 3.05) is 13.7 Å². The van der Waals surface area contributed by atoms with Crippen molar-refractivity contribution >= 4 is 35.4 Å². The molecule has 126 valence electrons. The molecule has 0 bridgehead atoms. The standard InChI is InChI=1S/C16H18N4O3S/c1-23-15(22)10-4-2-3-9(7-10)5-6-11-8-18-13-12(24-11)14(21)20-16(17)19-13/h2-4,7,11-12H,5-6,8H2,1H3,(H3,17,18,19,20,21). The summed E-state index contributed by atoms with van der Waals surface area (Å²) in [5.41, 5.74) is 7.15. The summed E-state index contributed by atoms with van der Waals surface area (Å²) in [5, 5.41) is 2.37. The second-order valence-electron chi connectivity index (χ2n) is 5.55. The number of aliphatic imine (C=N–C) groups is 2. The Bertz CT molecular complexity index is 732. The van der Waals surface area contributed by atoms with E-state index in [1.165, 1.54) is 7.11 Å². The molecule has 3 N–H and O–H groups in total. The highest BCUT2D eigenvalue weighted by Crippen LogP contribution is 2.29. The second kappa shape index (κ2) is 7.04. The molecule has 1 aromatic rings. The molecule has 1 aromatic carbocycles. The molecule has 1 amide bonds. The van der Waals surface area contributed by atoms with Crippen molar-refractivity contribution in [1.82, 2.24) is 5.32 Å². The Morgan fingerprint density at radius 3 is 3.12 bits per heavy atom. The van der Waals surface area contributed by atoms with Gasteiger partial charge in [0, 0.05) is 5.25 Å². The van der Waals surface area contributed by atoms with Crippen molar-refractivity contribution in [2.24, 2.45) is 15.7 Å². The number of nitrogens with two attached hydrogens (primary N) is 1. The quantitative estimate of drug-likeness (QED) is 0.782. The fourth-order valence-corrected chi connectivity index (χ4v) is 3.88. The minimum Gasteiger partial charge on any atom is -0.465 e. The van der Waals surface area contributed by atoms with Crippen LogP contribution in [0.3, 0.4) is 0 Å². The van der Waals surface area contributed by atoms with Gasteiger partial charge in [0.05, 0.1) is 19.2 Å². The number of nitrogens with one attached hydrogen (secondary N) is 1. The molecule has 0 spiro atoms. The average Bonchev–Trinajstić information content (AvgIpc) is 2.59. The molecule has 0 fully saturated rings. The maximum absolute atomic E-state index is 12.0. The van der Waals surface area contributed by atoms with E-state index in [9.17, 15) is 9.59 Å². The summed E-state index contributed by atoms with van der Waals surface area (Å²) in [5.74, 6) is 0.106. The number of hydrogen-bond donors (Lipinski definition) is 2. The highest BCUT2D eigenvalue weighted by atomic mass is 32.2. The Morgan fingerprint density at radius 2 is 2.33 bits per heavy atom. The van der Waals surface area contributed by atoms with Crippen LogP contribution in [0, 0.1) is 0 Å². The third kappa shape index (κ3) is 3.59. The zero-order chi connectivity index (χ0) is 17.1. The van der Waals surface area contributed by atoms with E-state index in [-0.39, 0.29) is 23.1 Å². The molecule has 0 saturated heterocycles. The minimum absolute atomic E-state index is 0.105. The zero-order valence-electron chi connectivity index (χ0n) is 13.2. The lowest BCUT2D eigenvalue weighted by atomic mass is 10.0. The van der Waals surface area contributed by atoms with E-state index < -0.39 is 5.25 Å². The maximum Gasteiger partial charge on any atom is 0.337 e. The summed E-state index contributed by atoms with van der Waals surface area (Å²) in [7, 11) is 1.37. The Hall–Kier alpha value is -2.35. The lowest BCUT2D eigenvalue weighted by Crippen LogP contribution is -2.51. The maximum atomic E-state index is 12.0. The number of ether oxygens (including phenoxy) is 1. The molecule has 0 aliphatic carbocycles. The van der Waals surface area contributed by atoms with Crippen LogP contribution in [0.4, 0.5) is 0 Å². The van der Waals surface area contributed by atoms with Gasteiger partial charge in [-0.25, -0.2) is 4.79 Å². The number of carbonyl (C=O) groups is 2. The molecule has 2 heterocycles. The van der Waals surface area contributed by atoms with Gasteiger partial charge in [0.1, 0.15) is 11.1 Å². The molecular weight excluding hydrogens is 328 g/mol. The highest BCUT2D eigenvalue weighted by Gasteiger charge is 2.35. The van der Waals surface area contributed by atoms with Crippen molar-refractivity contribution in [3.63, 3.8) is 0 Å². The molecule has 2 aliphatic rings. The smallest absolute Gasteiger partial charge is 0.337 e. The van der Waals surface area contributed by atoms with Gasteiger partial charge in [-0.05, 0) is 30.5 Å². The number of amides is 1. The molecule has 0 saturated carbocycles. The van der Waals surface area contributed by atoms with Crippen LogP contribution in [0.5, 0.6) is 0 Å². The fourth-order valence-electron chi connectivity index (χ4n) is 2.65. The van der Waals surface area contributed by atoms with Crippen molar-refractivity contribution in [2.45, 2.75) is 23.3 Å². The number of esters is 1. The van der Waals surface area contributed by atoms with Crippen molar-refractivity contribution in [3.8, 4) is 0 Å². The van der Waals surface area contributed by atoms with Crippen molar-refractivity contribution in [1.29, 1.82) is 0 Å². The number of amidine groups is 1. The first kappa shape index (κ1) is 16.5. The number of guanidine groups is 1. The SMILES string of the molecule is COC(=O)c1cccc(CCC2CN=C3N=C(N)NC(=O)C3S2)c1. The van der Waals surface area contributed by atoms with Crippen LogP contribution >= 0.6 is 11.8 Å². The summed E-state index contributed by atoms with van der Waals surface area (Å²) in [4.78, 5) is 32.1. The van der Waals surface area contributed by atoms with E-state index in [0.717, 1.165) is 18.4 Å². The number of benzene rings is 1. The molecule has 2 aliphatic heterocycles. The van der Waals surface area contributed by atoms with E-state index in [2.05, 4.69) is 15.3 Å². The van der Waals surface area contributed by atoms with Crippen LogP contribution in [0.2, 0.25) is 0 Å². The van der Waals surface area contributed by atoms with Crippen LogP contribution in [-0.4, -0.2) is 47.8 Å². The number of fused-ring (bicyclic) bond motifs is 1. The topological polar surface area (TPSA) is 106 Å². The summed E-state index contributed by atoms with van der Waals surface area (Å²) in [6, 6.07) is 7.40. The number of nitrogens with zero attached hydrogens (tertiary/aromatic N) is 2. The molecule has 7 nitrogen and oxygen atoms in total. The van der Waals surface area contributed by atoms with Gasteiger partial charge in [-0.15, -0.1) is 11.8 Å². The number of thioether (sulfide) groups is 1. The van der Waals surface area contributed by atoms with Gasteiger partial charge in [0.25, 0.3) is 0 Å². The number of aryl methyl sites for hydroxylation is 1. The molecule has 3 rings (SSSR count). The fraction of sp³-hybridized carbons (Fsp3) is 0.375. The Labute approximate surface area is 143 Å². The predicted molar refractivity (Wildman–Crippen MR) is 93.3 cm³/mol. The van der Waals surface area contributed by atoms with Crippen LogP contribution in [0.25, 0.3) is 0 Å². The van der Waals surface area contributed by atoms with Gasteiger partial charge >= 0.3 is 5.97 Å². The number of rotatable bonds is 4. The van der Waals surface area contributed by atoms with Gasteiger partial charge in [-0.3, -0.25) is 15.1 Å². The molecule has 24 heavy (non-hydrogen) atoms. The van der Waals surface area contributed by atoms with Gasteiger partial charge in [0.2, 0.25) is 11.9 Å². The summed E-state index contributed by atoms with van der Waals surface area (Å²) >= 11 is 1.56. The number of carbonyl (C=O) groups excluding carboxylic acids is 2. The van der Waals surface area contributed by atoms with Gasteiger partial charge in [0.15, 0.2) is 0 Å². The molecular formula is C16H18N4O3S. The van der Waals surface area contributed by atoms with E-state index >= 15 is 0 Å². The third-order valence-corrected chi connectivity index (χ3v) is 5.31. The van der Waals surface area contributed by atoms with Gasteiger partial charge in [-0.1, -0.05) is 12.1 Å². The summed E-state index contributed by atoms with van der Waals surface area (Å²) < 4.78 is 4.74. The Kier molecular flexibility index (Phi) is 4.84. The van der Waals surface area contributed by atoms with Crippen LogP contribution in [0.15, 0.2) is 34.3 Å². The number of hydrogen-bond acceptors (Lipinski definition) is 7. The third-order valence-electron chi connectivity index (χ3n) is 3.85. The zero-order valence-corrected chi connectivity index (χ0v) is 14.0. The largest absolute Gasteiger partial charge is 0.465 e.